The van der Waals surface area contributed by atoms with Crippen LogP contribution in [0.15, 0.2) is 12.1 Å². The summed E-state index contributed by atoms with van der Waals surface area (Å²) in [5.41, 5.74) is -0.282. The number of rotatable bonds is 4. The minimum absolute atomic E-state index is 0.125. The molecule has 0 aromatic carbocycles. The summed E-state index contributed by atoms with van der Waals surface area (Å²) in [6, 6.07) is 2.59. The molecule has 7 heteroatoms. The van der Waals surface area contributed by atoms with Gasteiger partial charge in [0.1, 0.15) is 0 Å². The lowest BCUT2D eigenvalue weighted by atomic mass is 10.1. The van der Waals surface area contributed by atoms with E-state index in [1.807, 2.05) is 11.8 Å². The summed E-state index contributed by atoms with van der Waals surface area (Å²) in [4.78, 5) is 27.8. The number of hydrogen-bond donors (Lipinski definition) is 1. The van der Waals surface area contributed by atoms with Crippen molar-refractivity contribution in [3.8, 4) is 0 Å². The highest BCUT2D eigenvalue weighted by Gasteiger charge is 2.28. The van der Waals surface area contributed by atoms with Crippen LogP contribution in [0.5, 0.6) is 0 Å². The number of hydrogen-bond acceptors (Lipinski definition) is 5. The van der Waals surface area contributed by atoms with Crippen molar-refractivity contribution >= 4 is 17.5 Å². The smallest absolute Gasteiger partial charge is 0.354 e. The number of nitrogens with zero attached hydrogens (tertiary/aromatic N) is 3. The Morgan fingerprint density at radius 2 is 2.24 bits per heavy atom. The number of carboxylic acids is 1. The summed E-state index contributed by atoms with van der Waals surface area (Å²) in [6.07, 6.45) is 4.91. The van der Waals surface area contributed by atoms with Crippen molar-refractivity contribution < 1.29 is 14.8 Å². The van der Waals surface area contributed by atoms with E-state index in [0.29, 0.717) is 6.54 Å². The number of aromatic nitrogens is 1. The van der Waals surface area contributed by atoms with Crippen LogP contribution in [-0.4, -0.2) is 33.6 Å². The molecule has 1 aromatic rings. The molecule has 0 amide bonds. The first-order valence-corrected chi connectivity index (χ1v) is 7.20. The molecule has 7 nitrogen and oxygen atoms in total. The van der Waals surface area contributed by atoms with Gasteiger partial charge in [-0.3, -0.25) is 10.1 Å². The van der Waals surface area contributed by atoms with E-state index in [9.17, 15) is 14.9 Å². The van der Waals surface area contributed by atoms with Crippen LogP contribution in [0.2, 0.25) is 0 Å². The Labute approximate surface area is 122 Å². The molecule has 1 aromatic heterocycles. The van der Waals surface area contributed by atoms with Gasteiger partial charge in [0.2, 0.25) is 5.82 Å². The molecule has 2 heterocycles. The molecule has 0 spiro atoms. The second-order valence-electron chi connectivity index (χ2n) is 5.21. The van der Waals surface area contributed by atoms with Crippen LogP contribution >= 0.6 is 0 Å². The van der Waals surface area contributed by atoms with Gasteiger partial charge in [-0.2, -0.15) is 0 Å². The van der Waals surface area contributed by atoms with Crippen LogP contribution in [0, 0.1) is 10.1 Å². The summed E-state index contributed by atoms with van der Waals surface area (Å²) in [5, 5.41) is 20.3. The highest BCUT2D eigenvalue weighted by Crippen LogP contribution is 2.31. The molecule has 1 atom stereocenters. The van der Waals surface area contributed by atoms with E-state index >= 15 is 0 Å². The van der Waals surface area contributed by atoms with Gasteiger partial charge in [-0.25, -0.2) is 9.78 Å². The fourth-order valence-electron chi connectivity index (χ4n) is 2.79. The molecule has 1 aliphatic heterocycles. The largest absolute Gasteiger partial charge is 0.477 e. The second-order valence-corrected chi connectivity index (χ2v) is 5.21. The summed E-state index contributed by atoms with van der Waals surface area (Å²) in [6.45, 7) is 2.71. The summed E-state index contributed by atoms with van der Waals surface area (Å²) in [7, 11) is 0. The SMILES string of the molecule is CCC1CCCCCN1c1nc(C(=O)O)ccc1[N+](=O)[O-]. The minimum atomic E-state index is -1.17. The zero-order chi connectivity index (χ0) is 15.4. The van der Waals surface area contributed by atoms with Gasteiger partial charge in [-0.05, 0) is 25.3 Å². The van der Waals surface area contributed by atoms with Crippen LogP contribution in [0.3, 0.4) is 0 Å². The first-order valence-electron chi connectivity index (χ1n) is 7.20. The van der Waals surface area contributed by atoms with Crippen molar-refractivity contribution in [3.63, 3.8) is 0 Å². The minimum Gasteiger partial charge on any atom is -0.477 e. The molecule has 0 saturated carbocycles. The maximum Gasteiger partial charge on any atom is 0.354 e. The quantitative estimate of drug-likeness (QED) is 0.677. The normalized spacial score (nSPS) is 19.1. The molecule has 0 radical (unpaired) electrons. The van der Waals surface area contributed by atoms with E-state index in [0.717, 1.165) is 32.1 Å². The van der Waals surface area contributed by atoms with Gasteiger partial charge in [0, 0.05) is 18.7 Å². The highest BCUT2D eigenvalue weighted by atomic mass is 16.6. The maximum absolute atomic E-state index is 11.2. The van der Waals surface area contributed by atoms with Crippen LogP contribution in [0.25, 0.3) is 0 Å². The number of aromatic carboxylic acids is 1. The van der Waals surface area contributed by atoms with Gasteiger partial charge in [0.05, 0.1) is 4.92 Å². The third-order valence-electron chi connectivity index (χ3n) is 3.89. The van der Waals surface area contributed by atoms with Gasteiger partial charge >= 0.3 is 11.7 Å². The molecule has 0 bridgehead atoms. The summed E-state index contributed by atoms with van der Waals surface area (Å²) in [5.74, 6) is -0.984. The molecule has 1 N–H and O–H groups in total. The first kappa shape index (κ1) is 15.2. The zero-order valence-electron chi connectivity index (χ0n) is 12.0. The van der Waals surface area contributed by atoms with Crippen molar-refractivity contribution in [2.45, 2.75) is 45.1 Å². The second kappa shape index (κ2) is 6.51. The third kappa shape index (κ3) is 3.29. The lowest BCUT2D eigenvalue weighted by molar-refractivity contribution is -0.384. The summed E-state index contributed by atoms with van der Waals surface area (Å²) >= 11 is 0. The van der Waals surface area contributed by atoms with Crippen molar-refractivity contribution in [2.75, 3.05) is 11.4 Å². The van der Waals surface area contributed by atoms with E-state index in [1.165, 1.54) is 12.1 Å². The molecule has 21 heavy (non-hydrogen) atoms. The molecule has 114 valence electrons. The van der Waals surface area contributed by atoms with Gasteiger partial charge < -0.3 is 10.0 Å². The van der Waals surface area contributed by atoms with Crippen LogP contribution < -0.4 is 4.90 Å². The van der Waals surface area contributed by atoms with Crippen LogP contribution in [0.1, 0.15) is 49.5 Å². The van der Waals surface area contributed by atoms with Crippen molar-refractivity contribution in [1.29, 1.82) is 0 Å². The van der Waals surface area contributed by atoms with E-state index in [4.69, 9.17) is 5.11 Å². The number of carboxylic acid groups (broad SMARTS) is 1. The Balaban J connectivity index is 2.49. The Kier molecular flexibility index (Phi) is 4.72. The lowest BCUT2D eigenvalue weighted by Gasteiger charge is -2.30. The average molecular weight is 293 g/mol. The Morgan fingerprint density at radius 1 is 1.48 bits per heavy atom. The molecular formula is C14H19N3O4. The van der Waals surface area contributed by atoms with Gasteiger partial charge in [0.25, 0.3) is 0 Å². The Hall–Kier alpha value is -2.18. The van der Waals surface area contributed by atoms with Gasteiger partial charge in [0.15, 0.2) is 5.69 Å². The summed E-state index contributed by atoms with van der Waals surface area (Å²) < 4.78 is 0. The van der Waals surface area contributed by atoms with E-state index in [-0.39, 0.29) is 23.2 Å². The number of nitro groups is 1. The predicted octanol–water partition coefficient (Wildman–Crippen LogP) is 2.85. The topological polar surface area (TPSA) is 96.6 Å². The zero-order valence-corrected chi connectivity index (χ0v) is 12.0. The maximum atomic E-state index is 11.2. The van der Waals surface area contributed by atoms with Crippen molar-refractivity contribution in [1.82, 2.24) is 4.98 Å². The molecule has 2 rings (SSSR count). The molecule has 0 aliphatic carbocycles. The average Bonchev–Trinajstić information content (AvgIpc) is 2.71. The van der Waals surface area contributed by atoms with E-state index in [2.05, 4.69) is 4.98 Å². The standard InChI is InChI=1S/C14H19N3O4/c1-2-10-6-4-3-5-9-16(10)13-12(17(20)21)8-7-11(15-13)14(18)19/h7-8,10H,2-6,9H2,1H3,(H,18,19). The lowest BCUT2D eigenvalue weighted by Crippen LogP contribution is -2.35. The fraction of sp³-hybridized carbons (Fsp3) is 0.571. The van der Waals surface area contributed by atoms with Crippen LogP contribution in [0.4, 0.5) is 11.5 Å². The van der Waals surface area contributed by atoms with Crippen molar-refractivity contribution in [3.05, 3.63) is 27.9 Å². The van der Waals surface area contributed by atoms with E-state index in [1.54, 1.807) is 0 Å². The van der Waals surface area contributed by atoms with Crippen molar-refractivity contribution in [2.24, 2.45) is 0 Å². The van der Waals surface area contributed by atoms with Gasteiger partial charge in [-0.1, -0.05) is 19.8 Å². The predicted molar refractivity (Wildman–Crippen MR) is 77.7 cm³/mol. The number of carbonyl (C=O) groups is 1. The molecular weight excluding hydrogens is 274 g/mol. The first-order chi connectivity index (χ1) is 10.0. The number of pyridine rings is 1. The van der Waals surface area contributed by atoms with E-state index < -0.39 is 10.9 Å². The van der Waals surface area contributed by atoms with Gasteiger partial charge in [-0.15, -0.1) is 0 Å². The molecule has 1 fully saturated rings. The third-order valence-corrected chi connectivity index (χ3v) is 3.89. The fourth-order valence-corrected chi connectivity index (χ4v) is 2.79. The van der Waals surface area contributed by atoms with Crippen LogP contribution in [-0.2, 0) is 0 Å². The highest BCUT2D eigenvalue weighted by molar-refractivity contribution is 5.86. The monoisotopic (exact) mass is 293 g/mol. The Bertz CT molecular complexity index is 547. The molecule has 1 unspecified atom stereocenters. The molecule has 1 saturated heterocycles. The number of anilines is 1. The Morgan fingerprint density at radius 3 is 2.86 bits per heavy atom. The molecule has 1 aliphatic rings.